The first-order valence-electron chi connectivity index (χ1n) is 14.2. The molecule has 218 valence electrons. The van der Waals surface area contributed by atoms with Crippen molar-refractivity contribution in [2.45, 2.75) is 76.7 Å². The van der Waals surface area contributed by atoms with Gasteiger partial charge in [0.2, 0.25) is 0 Å². The maximum atomic E-state index is 13.7. The van der Waals surface area contributed by atoms with Gasteiger partial charge in [-0.3, -0.25) is 0 Å². The van der Waals surface area contributed by atoms with E-state index in [9.17, 15) is 14.7 Å². The second kappa shape index (κ2) is 13.4. The third-order valence-corrected chi connectivity index (χ3v) is 7.75. The highest BCUT2D eigenvalue weighted by Gasteiger charge is 2.52. The molecule has 2 fully saturated rings. The number of nitrogens with one attached hydrogen (secondary N) is 1. The average Bonchev–Trinajstić information content (AvgIpc) is 3.76. The minimum Gasteiger partial charge on any atom is -0.493 e. The molecule has 0 aromatic heterocycles. The largest absolute Gasteiger partial charge is 0.493 e. The van der Waals surface area contributed by atoms with Crippen LogP contribution in [-0.4, -0.2) is 67.1 Å². The standard InChI is InChI=1S/C31H42N2O7/c1-5-39-26-16-24(17-27(40-6-2)28(26)23-12-13-23)21(3)33(14-15-38-20-22-10-8-7-9-11-22)30(36)32-31(29(34)35)18-25(19-31)37-4/h7-11,16-17,21,23,25H,5-6,12-15,18-20H2,1-4H3,(H,32,36)(H,34,35). The first-order chi connectivity index (χ1) is 19.3. The Hall–Kier alpha value is -3.30. The molecule has 0 radical (unpaired) electrons. The van der Waals surface area contributed by atoms with Gasteiger partial charge < -0.3 is 34.3 Å². The molecule has 2 aromatic carbocycles. The molecule has 2 saturated carbocycles. The Balaban J connectivity index is 1.58. The van der Waals surface area contributed by atoms with Crippen LogP contribution in [0, 0.1) is 0 Å². The number of carbonyl (C=O) groups is 2. The highest BCUT2D eigenvalue weighted by Crippen LogP contribution is 2.50. The number of ether oxygens (including phenoxy) is 4. The van der Waals surface area contributed by atoms with E-state index in [1.54, 1.807) is 12.0 Å². The summed E-state index contributed by atoms with van der Waals surface area (Å²) in [7, 11) is 1.55. The fourth-order valence-electron chi connectivity index (χ4n) is 5.26. The monoisotopic (exact) mass is 554 g/mol. The summed E-state index contributed by atoms with van der Waals surface area (Å²) in [5, 5.41) is 12.8. The SMILES string of the molecule is CCOc1cc(C(C)N(CCOCc2ccccc2)C(=O)NC2(C(=O)O)CC(OC)C2)cc(OCC)c1C1CC1. The van der Waals surface area contributed by atoms with E-state index in [2.05, 4.69) is 5.32 Å². The van der Waals surface area contributed by atoms with Gasteiger partial charge >= 0.3 is 12.0 Å². The van der Waals surface area contributed by atoms with Crippen molar-refractivity contribution in [2.75, 3.05) is 33.5 Å². The molecule has 0 saturated heterocycles. The van der Waals surface area contributed by atoms with Crippen LogP contribution in [0.2, 0.25) is 0 Å². The predicted molar refractivity (Wildman–Crippen MR) is 151 cm³/mol. The summed E-state index contributed by atoms with van der Waals surface area (Å²) in [6, 6.07) is 12.9. The minimum absolute atomic E-state index is 0.200. The van der Waals surface area contributed by atoms with Gasteiger partial charge in [0.1, 0.15) is 17.0 Å². The van der Waals surface area contributed by atoms with Crippen LogP contribution in [0.15, 0.2) is 42.5 Å². The number of carboxylic acids is 1. The average molecular weight is 555 g/mol. The van der Waals surface area contributed by atoms with E-state index in [0.29, 0.717) is 25.7 Å². The fourth-order valence-corrected chi connectivity index (χ4v) is 5.26. The van der Waals surface area contributed by atoms with E-state index >= 15 is 0 Å². The summed E-state index contributed by atoms with van der Waals surface area (Å²) in [4.78, 5) is 27.5. The van der Waals surface area contributed by atoms with Crippen molar-refractivity contribution in [1.29, 1.82) is 0 Å². The van der Waals surface area contributed by atoms with Gasteiger partial charge in [-0.1, -0.05) is 30.3 Å². The molecular formula is C31H42N2O7. The molecule has 40 heavy (non-hydrogen) atoms. The minimum atomic E-state index is -1.36. The van der Waals surface area contributed by atoms with Gasteiger partial charge in [-0.15, -0.1) is 0 Å². The van der Waals surface area contributed by atoms with E-state index in [1.165, 1.54) is 0 Å². The van der Waals surface area contributed by atoms with E-state index < -0.39 is 23.6 Å². The first-order valence-corrected chi connectivity index (χ1v) is 14.2. The summed E-state index contributed by atoms with van der Waals surface area (Å²) in [6.07, 6.45) is 2.44. The lowest BCUT2D eigenvalue weighted by molar-refractivity contribution is -0.155. The second-order valence-corrected chi connectivity index (χ2v) is 10.6. The van der Waals surface area contributed by atoms with Gasteiger partial charge in [-0.25, -0.2) is 9.59 Å². The van der Waals surface area contributed by atoms with E-state index in [4.69, 9.17) is 18.9 Å². The van der Waals surface area contributed by atoms with E-state index in [1.807, 2.05) is 63.2 Å². The predicted octanol–water partition coefficient (Wildman–Crippen LogP) is 5.28. The van der Waals surface area contributed by atoms with Crippen LogP contribution in [0.25, 0.3) is 0 Å². The molecule has 9 nitrogen and oxygen atoms in total. The van der Waals surface area contributed by atoms with Crippen molar-refractivity contribution in [3.63, 3.8) is 0 Å². The Labute approximate surface area is 236 Å². The number of carboxylic acid groups (broad SMARTS) is 1. The molecule has 9 heteroatoms. The van der Waals surface area contributed by atoms with Crippen molar-refractivity contribution in [2.24, 2.45) is 0 Å². The molecular weight excluding hydrogens is 512 g/mol. The van der Waals surface area contributed by atoms with Crippen LogP contribution in [0.1, 0.15) is 75.1 Å². The molecule has 4 rings (SSSR count). The zero-order chi connectivity index (χ0) is 28.7. The van der Waals surface area contributed by atoms with Crippen molar-refractivity contribution in [3.05, 3.63) is 59.2 Å². The Kier molecular flexibility index (Phi) is 9.92. The summed E-state index contributed by atoms with van der Waals surface area (Å²) in [5.74, 6) is 0.916. The van der Waals surface area contributed by atoms with Gasteiger partial charge in [0.05, 0.1) is 38.6 Å². The van der Waals surface area contributed by atoms with Crippen LogP contribution < -0.4 is 14.8 Å². The lowest BCUT2D eigenvalue weighted by atomic mass is 9.74. The molecule has 0 heterocycles. The summed E-state index contributed by atoms with van der Waals surface area (Å²) in [5.41, 5.74) is 1.62. The molecule has 1 atom stereocenters. The normalized spacial score (nSPS) is 20.8. The Bertz CT molecular complexity index is 1120. The second-order valence-electron chi connectivity index (χ2n) is 10.6. The highest BCUT2D eigenvalue weighted by molar-refractivity contribution is 5.87. The lowest BCUT2D eigenvalue weighted by Gasteiger charge is -2.45. The highest BCUT2D eigenvalue weighted by atomic mass is 16.5. The summed E-state index contributed by atoms with van der Waals surface area (Å²) in [6.45, 7) is 7.83. The zero-order valence-electron chi connectivity index (χ0n) is 24.0. The number of methoxy groups -OCH3 is 1. The number of hydrogen-bond donors (Lipinski definition) is 2. The topological polar surface area (TPSA) is 107 Å². The van der Waals surface area contributed by atoms with Crippen LogP contribution in [0.4, 0.5) is 4.79 Å². The maximum Gasteiger partial charge on any atom is 0.329 e. The third kappa shape index (κ3) is 6.88. The lowest BCUT2D eigenvalue weighted by Crippen LogP contribution is -2.66. The van der Waals surface area contributed by atoms with Crippen LogP contribution >= 0.6 is 0 Å². The quantitative estimate of drug-likeness (QED) is 0.288. The molecule has 0 bridgehead atoms. The van der Waals surface area contributed by atoms with E-state index in [-0.39, 0.29) is 32.1 Å². The number of urea groups is 1. The molecule has 1 unspecified atom stereocenters. The number of carbonyl (C=O) groups excluding carboxylic acids is 1. The van der Waals surface area contributed by atoms with Crippen molar-refractivity contribution < 1.29 is 33.6 Å². The van der Waals surface area contributed by atoms with Gasteiger partial charge in [0, 0.05) is 32.1 Å². The summed E-state index contributed by atoms with van der Waals surface area (Å²) >= 11 is 0. The Morgan fingerprint density at radius 2 is 1.70 bits per heavy atom. The third-order valence-electron chi connectivity index (χ3n) is 7.75. The molecule has 0 spiro atoms. The number of aliphatic carboxylic acids is 1. The number of hydrogen-bond acceptors (Lipinski definition) is 6. The fraction of sp³-hybridized carbons (Fsp3) is 0.548. The molecule has 2 N–H and O–H groups in total. The van der Waals surface area contributed by atoms with Crippen LogP contribution in [0.3, 0.4) is 0 Å². The molecule has 0 aliphatic heterocycles. The van der Waals surface area contributed by atoms with Gasteiger partial charge in [-0.2, -0.15) is 0 Å². The Morgan fingerprint density at radius 3 is 2.23 bits per heavy atom. The number of benzene rings is 2. The zero-order valence-corrected chi connectivity index (χ0v) is 24.0. The molecule has 2 aromatic rings. The molecule has 2 aliphatic rings. The molecule has 2 amide bonds. The van der Waals surface area contributed by atoms with E-state index in [0.717, 1.165) is 41.0 Å². The first kappa shape index (κ1) is 29.7. The number of amides is 2. The van der Waals surface area contributed by atoms with Crippen LogP contribution in [-0.2, 0) is 20.9 Å². The number of rotatable bonds is 15. The van der Waals surface area contributed by atoms with Crippen molar-refractivity contribution >= 4 is 12.0 Å². The van der Waals surface area contributed by atoms with Gasteiger partial charge in [-0.05, 0) is 62.8 Å². The smallest absolute Gasteiger partial charge is 0.329 e. The number of nitrogens with zero attached hydrogens (tertiary/aromatic N) is 1. The van der Waals surface area contributed by atoms with Crippen molar-refractivity contribution in [1.82, 2.24) is 10.2 Å². The van der Waals surface area contributed by atoms with Crippen LogP contribution in [0.5, 0.6) is 11.5 Å². The van der Waals surface area contributed by atoms with Gasteiger partial charge in [0.15, 0.2) is 0 Å². The molecule has 2 aliphatic carbocycles. The van der Waals surface area contributed by atoms with Crippen molar-refractivity contribution in [3.8, 4) is 11.5 Å². The van der Waals surface area contributed by atoms with Gasteiger partial charge in [0.25, 0.3) is 0 Å². The Morgan fingerprint density at radius 1 is 1.07 bits per heavy atom. The maximum absolute atomic E-state index is 13.7. The summed E-state index contributed by atoms with van der Waals surface area (Å²) < 4.78 is 23.3.